The smallest absolute Gasteiger partial charge is 0.155 e. The maximum atomic E-state index is 4.08. The highest BCUT2D eigenvalue weighted by atomic mass is 15.3. The van der Waals surface area contributed by atoms with E-state index in [0.717, 1.165) is 16.9 Å². The fourth-order valence-electron chi connectivity index (χ4n) is 1.25. The Labute approximate surface area is 70.4 Å². The topological polar surface area (TPSA) is 30.2 Å². The summed E-state index contributed by atoms with van der Waals surface area (Å²) in [5.41, 5.74) is 3.03. The average molecular weight is 159 g/mol. The van der Waals surface area contributed by atoms with Crippen LogP contribution >= 0.6 is 0 Å². The van der Waals surface area contributed by atoms with Crippen LogP contribution in [0.4, 0.5) is 0 Å². The lowest BCUT2D eigenvalue weighted by atomic mass is 10.2. The fourth-order valence-corrected chi connectivity index (χ4v) is 1.25. The molecule has 0 unspecified atom stereocenters. The van der Waals surface area contributed by atoms with Gasteiger partial charge in [-0.3, -0.25) is 0 Å². The lowest BCUT2D eigenvalue weighted by Gasteiger charge is -2.01. The molecule has 60 valence electrons. The van der Waals surface area contributed by atoms with Gasteiger partial charge in [-0.15, -0.1) is 0 Å². The zero-order valence-corrected chi connectivity index (χ0v) is 6.86. The van der Waals surface area contributed by atoms with Crippen LogP contribution in [0.5, 0.6) is 0 Å². The molecule has 0 aliphatic carbocycles. The number of pyridine rings is 1. The maximum Gasteiger partial charge on any atom is 0.155 e. The quantitative estimate of drug-likeness (QED) is 0.633. The zero-order valence-electron chi connectivity index (χ0n) is 6.86. The molecule has 2 heterocycles. The van der Waals surface area contributed by atoms with Crippen LogP contribution in [-0.4, -0.2) is 14.6 Å². The second kappa shape index (κ2) is 2.44. The minimum atomic E-state index is 0.873. The van der Waals surface area contributed by atoms with E-state index in [0.29, 0.717) is 0 Å². The van der Waals surface area contributed by atoms with Crippen LogP contribution < -0.4 is 0 Å². The highest BCUT2D eigenvalue weighted by molar-refractivity contribution is 5.53. The summed E-state index contributed by atoms with van der Waals surface area (Å²) in [5, 5.41) is 4.08. The molecule has 2 rings (SSSR count). The van der Waals surface area contributed by atoms with Crippen LogP contribution in [0.1, 0.15) is 11.3 Å². The van der Waals surface area contributed by atoms with Crippen molar-refractivity contribution in [1.29, 1.82) is 0 Å². The van der Waals surface area contributed by atoms with Gasteiger partial charge in [0.25, 0.3) is 0 Å². The Balaban J connectivity index is 2.86. The molecule has 0 fully saturated rings. The first-order valence-corrected chi connectivity index (χ1v) is 3.74. The Morgan fingerprint density at radius 3 is 3.08 bits per heavy atom. The molecule has 0 amide bonds. The number of hydrogen-bond acceptors (Lipinski definition) is 2. The molecule has 0 saturated heterocycles. The first-order valence-electron chi connectivity index (χ1n) is 3.74. The number of nitrogens with zero attached hydrogens (tertiary/aromatic N) is 3. The van der Waals surface area contributed by atoms with Gasteiger partial charge in [0.05, 0.1) is 0 Å². The standard InChI is InChI=1S/C9H9N3/c1-3-8-4-5-9-10-6-11-12(9)7(8)2/h3-6H,1H2,2H3. The first-order chi connectivity index (χ1) is 5.83. The van der Waals surface area contributed by atoms with Gasteiger partial charge in [0.1, 0.15) is 6.33 Å². The Morgan fingerprint density at radius 2 is 2.33 bits per heavy atom. The molecule has 3 heteroatoms. The summed E-state index contributed by atoms with van der Waals surface area (Å²) in [6.45, 7) is 5.72. The molecule has 2 aromatic heterocycles. The van der Waals surface area contributed by atoms with E-state index < -0.39 is 0 Å². The number of hydrogen-bond donors (Lipinski definition) is 0. The third-order valence-electron chi connectivity index (χ3n) is 1.94. The van der Waals surface area contributed by atoms with Crippen molar-refractivity contribution in [2.45, 2.75) is 6.92 Å². The molecule has 12 heavy (non-hydrogen) atoms. The third kappa shape index (κ3) is 0.830. The average Bonchev–Trinajstić information content (AvgIpc) is 2.53. The van der Waals surface area contributed by atoms with E-state index in [1.54, 1.807) is 10.8 Å². The molecule has 0 aliphatic rings. The van der Waals surface area contributed by atoms with Gasteiger partial charge in [0.2, 0.25) is 0 Å². The van der Waals surface area contributed by atoms with Gasteiger partial charge in [-0.1, -0.05) is 12.7 Å². The molecule has 3 nitrogen and oxygen atoms in total. The molecule has 0 aliphatic heterocycles. The van der Waals surface area contributed by atoms with Crippen LogP contribution in [0.3, 0.4) is 0 Å². The molecule has 0 aromatic carbocycles. The molecule has 0 atom stereocenters. The summed E-state index contributed by atoms with van der Waals surface area (Å²) < 4.78 is 1.80. The lowest BCUT2D eigenvalue weighted by Crippen LogP contribution is -1.95. The monoisotopic (exact) mass is 159 g/mol. The van der Waals surface area contributed by atoms with Crippen LogP contribution in [0.2, 0.25) is 0 Å². The van der Waals surface area contributed by atoms with Crippen molar-refractivity contribution in [3.8, 4) is 0 Å². The predicted octanol–water partition coefficient (Wildman–Crippen LogP) is 1.68. The Bertz CT molecular complexity index is 428. The predicted molar refractivity (Wildman–Crippen MR) is 47.8 cm³/mol. The van der Waals surface area contributed by atoms with Gasteiger partial charge in [0, 0.05) is 5.69 Å². The van der Waals surface area contributed by atoms with Crippen molar-refractivity contribution in [3.63, 3.8) is 0 Å². The van der Waals surface area contributed by atoms with Crippen LogP contribution in [-0.2, 0) is 0 Å². The van der Waals surface area contributed by atoms with E-state index in [2.05, 4.69) is 16.7 Å². The molecule has 0 spiro atoms. The second-order valence-electron chi connectivity index (χ2n) is 2.61. The summed E-state index contributed by atoms with van der Waals surface area (Å²) >= 11 is 0. The van der Waals surface area contributed by atoms with E-state index in [1.165, 1.54) is 0 Å². The summed E-state index contributed by atoms with van der Waals surface area (Å²) in [6.07, 6.45) is 3.37. The summed E-state index contributed by atoms with van der Waals surface area (Å²) in [7, 11) is 0. The third-order valence-corrected chi connectivity index (χ3v) is 1.94. The molecule has 0 bridgehead atoms. The summed E-state index contributed by atoms with van der Waals surface area (Å²) in [5.74, 6) is 0. The van der Waals surface area contributed by atoms with Gasteiger partial charge >= 0.3 is 0 Å². The lowest BCUT2D eigenvalue weighted by molar-refractivity contribution is 0.911. The van der Waals surface area contributed by atoms with E-state index in [9.17, 15) is 0 Å². The van der Waals surface area contributed by atoms with Crippen LogP contribution in [0.15, 0.2) is 25.0 Å². The van der Waals surface area contributed by atoms with E-state index in [4.69, 9.17) is 0 Å². The van der Waals surface area contributed by atoms with Crippen molar-refractivity contribution >= 4 is 11.7 Å². The largest absolute Gasteiger partial charge is 0.218 e. The normalized spacial score (nSPS) is 10.4. The SMILES string of the molecule is C=Cc1ccc2ncnn2c1C. The Kier molecular flexibility index (Phi) is 1.43. The summed E-state index contributed by atoms with van der Waals surface area (Å²) in [4.78, 5) is 4.07. The van der Waals surface area contributed by atoms with E-state index in [-0.39, 0.29) is 0 Å². The number of rotatable bonds is 1. The van der Waals surface area contributed by atoms with Crippen LogP contribution in [0, 0.1) is 6.92 Å². The highest BCUT2D eigenvalue weighted by Crippen LogP contribution is 2.10. The molecule has 0 saturated carbocycles. The Hall–Kier alpha value is -1.64. The molecule has 2 aromatic rings. The fraction of sp³-hybridized carbons (Fsp3) is 0.111. The minimum absolute atomic E-state index is 0.873. The van der Waals surface area contributed by atoms with Crippen LogP contribution in [0.25, 0.3) is 11.7 Å². The Morgan fingerprint density at radius 1 is 1.50 bits per heavy atom. The van der Waals surface area contributed by atoms with Crippen molar-refractivity contribution in [2.75, 3.05) is 0 Å². The van der Waals surface area contributed by atoms with Gasteiger partial charge < -0.3 is 0 Å². The van der Waals surface area contributed by atoms with Crippen molar-refractivity contribution in [1.82, 2.24) is 14.6 Å². The minimum Gasteiger partial charge on any atom is -0.218 e. The van der Waals surface area contributed by atoms with Gasteiger partial charge in [-0.05, 0) is 24.6 Å². The van der Waals surface area contributed by atoms with E-state index in [1.807, 2.05) is 25.1 Å². The van der Waals surface area contributed by atoms with Crippen molar-refractivity contribution < 1.29 is 0 Å². The molecule has 0 radical (unpaired) electrons. The number of aryl methyl sites for hydroxylation is 1. The highest BCUT2D eigenvalue weighted by Gasteiger charge is 2.00. The van der Waals surface area contributed by atoms with Crippen molar-refractivity contribution in [2.24, 2.45) is 0 Å². The first kappa shape index (κ1) is 7.03. The second-order valence-corrected chi connectivity index (χ2v) is 2.61. The van der Waals surface area contributed by atoms with Gasteiger partial charge in [-0.2, -0.15) is 5.10 Å². The number of fused-ring (bicyclic) bond motifs is 1. The van der Waals surface area contributed by atoms with E-state index >= 15 is 0 Å². The molecular weight excluding hydrogens is 150 g/mol. The van der Waals surface area contributed by atoms with Gasteiger partial charge in [0.15, 0.2) is 5.65 Å². The number of aromatic nitrogens is 3. The molecular formula is C9H9N3. The zero-order chi connectivity index (χ0) is 8.55. The maximum absolute atomic E-state index is 4.08. The van der Waals surface area contributed by atoms with Gasteiger partial charge in [-0.25, -0.2) is 9.50 Å². The van der Waals surface area contributed by atoms with Crippen molar-refractivity contribution in [3.05, 3.63) is 36.3 Å². The molecule has 0 N–H and O–H groups in total. The summed E-state index contributed by atoms with van der Waals surface area (Å²) in [6, 6.07) is 3.92.